The van der Waals surface area contributed by atoms with Crippen LogP contribution in [-0.2, 0) is 0 Å². The number of hydrogen-bond acceptors (Lipinski definition) is 4. The number of nitrogens with zero attached hydrogens (tertiary/aromatic N) is 2. The lowest BCUT2D eigenvalue weighted by atomic mass is 10.2. The number of nitriles is 1. The van der Waals surface area contributed by atoms with E-state index in [1.807, 2.05) is 19.9 Å². The van der Waals surface area contributed by atoms with E-state index in [2.05, 4.69) is 10.3 Å². The van der Waals surface area contributed by atoms with Gasteiger partial charge in [-0.3, -0.25) is 4.79 Å². The number of nitrogens with one attached hydrogen (secondary N) is 1. The molecule has 1 N–H and O–H groups in total. The minimum Gasteiger partial charge on any atom is -0.321 e. The first-order valence-electron chi connectivity index (χ1n) is 5.35. The van der Waals surface area contributed by atoms with Gasteiger partial charge in [-0.15, -0.1) is 11.3 Å². The molecule has 1 aromatic carbocycles. The average Bonchev–Trinajstić information content (AvgIpc) is 2.69. The number of aromatic nitrogens is 1. The summed E-state index contributed by atoms with van der Waals surface area (Å²) in [4.78, 5) is 16.8. The van der Waals surface area contributed by atoms with Crippen LogP contribution in [0.25, 0.3) is 0 Å². The SMILES string of the molecule is Cc1nc(C)c(C(=O)Nc2cccc(C#N)c2)s1. The number of anilines is 1. The molecule has 0 radical (unpaired) electrons. The summed E-state index contributed by atoms with van der Waals surface area (Å²) in [6.07, 6.45) is 0. The van der Waals surface area contributed by atoms with E-state index in [0.717, 1.165) is 10.7 Å². The number of carbonyl (C=O) groups is 1. The second-order valence-corrected chi connectivity index (χ2v) is 5.00. The molecule has 0 bridgehead atoms. The number of carbonyl (C=O) groups excluding carboxylic acids is 1. The number of benzene rings is 1. The van der Waals surface area contributed by atoms with E-state index >= 15 is 0 Å². The van der Waals surface area contributed by atoms with Crippen molar-refractivity contribution < 1.29 is 4.79 Å². The molecule has 0 aliphatic heterocycles. The molecular weight excluding hydrogens is 246 g/mol. The van der Waals surface area contributed by atoms with E-state index in [0.29, 0.717) is 16.1 Å². The Bertz CT molecular complexity index is 640. The monoisotopic (exact) mass is 257 g/mol. The number of amides is 1. The minimum absolute atomic E-state index is 0.187. The maximum atomic E-state index is 12.0. The standard InChI is InChI=1S/C13H11N3OS/c1-8-12(18-9(2)15-8)13(17)16-11-5-3-4-10(6-11)7-14/h3-6H,1-2H3,(H,16,17). The topological polar surface area (TPSA) is 65.8 Å². The van der Waals surface area contributed by atoms with Crippen LogP contribution in [0.4, 0.5) is 5.69 Å². The Balaban J connectivity index is 2.21. The van der Waals surface area contributed by atoms with Crippen LogP contribution in [0.2, 0.25) is 0 Å². The molecule has 4 nitrogen and oxygen atoms in total. The summed E-state index contributed by atoms with van der Waals surface area (Å²) in [6.45, 7) is 3.68. The Kier molecular flexibility index (Phi) is 3.40. The molecule has 5 heteroatoms. The number of hydrogen-bond donors (Lipinski definition) is 1. The Morgan fingerprint density at radius 2 is 2.22 bits per heavy atom. The second kappa shape index (κ2) is 4.98. The first-order chi connectivity index (χ1) is 8.60. The van der Waals surface area contributed by atoms with Gasteiger partial charge in [0.2, 0.25) is 0 Å². The quantitative estimate of drug-likeness (QED) is 0.899. The van der Waals surface area contributed by atoms with Crippen molar-refractivity contribution in [2.75, 3.05) is 5.32 Å². The summed E-state index contributed by atoms with van der Waals surface area (Å²) in [5.74, 6) is -0.187. The minimum atomic E-state index is -0.187. The fraction of sp³-hybridized carbons (Fsp3) is 0.154. The Hall–Kier alpha value is -2.19. The molecular formula is C13H11N3OS. The summed E-state index contributed by atoms with van der Waals surface area (Å²) in [7, 11) is 0. The zero-order valence-electron chi connectivity index (χ0n) is 10.0. The maximum Gasteiger partial charge on any atom is 0.267 e. The summed E-state index contributed by atoms with van der Waals surface area (Å²) in [6, 6.07) is 8.85. The third kappa shape index (κ3) is 2.55. The van der Waals surface area contributed by atoms with Crippen LogP contribution >= 0.6 is 11.3 Å². The van der Waals surface area contributed by atoms with Crippen molar-refractivity contribution >= 4 is 22.9 Å². The van der Waals surface area contributed by atoms with E-state index < -0.39 is 0 Å². The highest BCUT2D eigenvalue weighted by atomic mass is 32.1. The fourth-order valence-corrected chi connectivity index (χ4v) is 2.41. The first kappa shape index (κ1) is 12.3. The zero-order valence-corrected chi connectivity index (χ0v) is 10.8. The number of rotatable bonds is 2. The highest BCUT2D eigenvalue weighted by Crippen LogP contribution is 2.19. The van der Waals surface area contributed by atoms with Gasteiger partial charge < -0.3 is 5.32 Å². The van der Waals surface area contributed by atoms with E-state index in [4.69, 9.17) is 5.26 Å². The molecule has 0 spiro atoms. The van der Waals surface area contributed by atoms with Crippen molar-refractivity contribution in [3.05, 3.63) is 45.4 Å². The van der Waals surface area contributed by atoms with Gasteiger partial charge in [0.25, 0.3) is 5.91 Å². The van der Waals surface area contributed by atoms with Crippen LogP contribution in [-0.4, -0.2) is 10.9 Å². The van der Waals surface area contributed by atoms with Crippen LogP contribution in [0.15, 0.2) is 24.3 Å². The highest BCUT2D eigenvalue weighted by molar-refractivity contribution is 7.13. The van der Waals surface area contributed by atoms with Gasteiger partial charge >= 0.3 is 0 Å². The highest BCUT2D eigenvalue weighted by Gasteiger charge is 2.13. The summed E-state index contributed by atoms with van der Waals surface area (Å²) < 4.78 is 0. The number of thiazole rings is 1. The van der Waals surface area contributed by atoms with E-state index in [-0.39, 0.29) is 5.91 Å². The molecule has 0 aliphatic rings. The second-order valence-electron chi connectivity index (χ2n) is 3.79. The van der Waals surface area contributed by atoms with Crippen LogP contribution in [0.3, 0.4) is 0 Å². The lowest BCUT2D eigenvalue weighted by Gasteiger charge is -2.03. The van der Waals surface area contributed by atoms with Crippen molar-refractivity contribution in [1.29, 1.82) is 5.26 Å². The Morgan fingerprint density at radius 1 is 1.44 bits per heavy atom. The predicted molar refractivity (Wildman–Crippen MR) is 70.7 cm³/mol. The van der Waals surface area contributed by atoms with Crippen molar-refractivity contribution in [2.24, 2.45) is 0 Å². The fourth-order valence-electron chi connectivity index (χ4n) is 1.60. The van der Waals surface area contributed by atoms with Crippen LogP contribution in [0.1, 0.15) is 25.9 Å². The number of aryl methyl sites for hydroxylation is 2. The summed E-state index contributed by atoms with van der Waals surface area (Å²) in [5.41, 5.74) is 1.86. The van der Waals surface area contributed by atoms with E-state index in [1.54, 1.807) is 24.3 Å². The Labute approximate surface area is 109 Å². The lowest BCUT2D eigenvalue weighted by Crippen LogP contribution is -2.11. The molecule has 2 aromatic rings. The van der Waals surface area contributed by atoms with Crippen molar-refractivity contribution in [3.63, 3.8) is 0 Å². The lowest BCUT2D eigenvalue weighted by molar-refractivity contribution is 0.103. The molecule has 0 saturated carbocycles. The third-order valence-corrected chi connectivity index (χ3v) is 3.43. The zero-order chi connectivity index (χ0) is 13.1. The summed E-state index contributed by atoms with van der Waals surface area (Å²) >= 11 is 1.36. The smallest absolute Gasteiger partial charge is 0.267 e. The third-order valence-electron chi connectivity index (χ3n) is 2.36. The van der Waals surface area contributed by atoms with Gasteiger partial charge in [0.05, 0.1) is 22.3 Å². The molecule has 0 atom stereocenters. The molecule has 1 heterocycles. The first-order valence-corrected chi connectivity index (χ1v) is 6.17. The predicted octanol–water partition coefficient (Wildman–Crippen LogP) is 2.88. The normalized spacial score (nSPS) is 9.83. The van der Waals surface area contributed by atoms with Crippen LogP contribution in [0, 0.1) is 25.2 Å². The van der Waals surface area contributed by atoms with Gasteiger partial charge in [0, 0.05) is 5.69 Å². The van der Waals surface area contributed by atoms with Gasteiger partial charge in [0.1, 0.15) is 4.88 Å². The van der Waals surface area contributed by atoms with Gasteiger partial charge in [0.15, 0.2) is 0 Å². The van der Waals surface area contributed by atoms with Gasteiger partial charge in [-0.1, -0.05) is 6.07 Å². The summed E-state index contributed by atoms with van der Waals surface area (Å²) in [5, 5.41) is 12.4. The van der Waals surface area contributed by atoms with Crippen molar-refractivity contribution in [1.82, 2.24) is 4.98 Å². The van der Waals surface area contributed by atoms with Gasteiger partial charge in [-0.25, -0.2) is 4.98 Å². The molecule has 0 aliphatic carbocycles. The molecule has 2 rings (SSSR count). The van der Waals surface area contributed by atoms with Crippen LogP contribution in [0.5, 0.6) is 0 Å². The van der Waals surface area contributed by atoms with E-state index in [9.17, 15) is 4.79 Å². The molecule has 0 saturated heterocycles. The van der Waals surface area contributed by atoms with Crippen LogP contribution < -0.4 is 5.32 Å². The molecule has 0 unspecified atom stereocenters. The van der Waals surface area contributed by atoms with E-state index in [1.165, 1.54) is 11.3 Å². The van der Waals surface area contributed by atoms with Gasteiger partial charge in [-0.05, 0) is 32.0 Å². The molecule has 0 fully saturated rings. The van der Waals surface area contributed by atoms with Crippen molar-refractivity contribution in [3.8, 4) is 6.07 Å². The molecule has 90 valence electrons. The Morgan fingerprint density at radius 3 is 2.83 bits per heavy atom. The molecule has 1 aromatic heterocycles. The average molecular weight is 257 g/mol. The van der Waals surface area contributed by atoms with Crippen molar-refractivity contribution in [2.45, 2.75) is 13.8 Å². The molecule has 1 amide bonds. The molecule has 18 heavy (non-hydrogen) atoms. The largest absolute Gasteiger partial charge is 0.321 e. The van der Waals surface area contributed by atoms with Gasteiger partial charge in [-0.2, -0.15) is 5.26 Å². The maximum absolute atomic E-state index is 12.0.